The number of nitrogens with one attached hydrogen (secondary N) is 2. The lowest BCUT2D eigenvalue weighted by Gasteiger charge is -2.66. The standard InChI is InChI=1S/C21H18F3N3O5S2/c1-33(29,30)14-3-5-15(6-4-14)34(31,32)27-17-8-13(21(22,23)24)2-7-16(17)18(28)26-20-9-19(10-20,11-20)12-25/h2-8,27H,9-11H2,1H3,(H,26,28). The lowest BCUT2D eigenvalue weighted by atomic mass is 9.40. The minimum absolute atomic E-state index is 0.140. The molecule has 3 saturated carbocycles. The lowest BCUT2D eigenvalue weighted by Crippen LogP contribution is -2.74. The van der Waals surface area contributed by atoms with Crippen LogP contribution in [0.1, 0.15) is 35.2 Å². The van der Waals surface area contributed by atoms with Crippen LogP contribution in [-0.2, 0) is 26.0 Å². The first-order valence-corrected chi connectivity index (χ1v) is 13.2. The molecule has 3 fully saturated rings. The molecule has 0 spiro atoms. The summed E-state index contributed by atoms with van der Waals surface area (Å²) >= 11 is 0. The van der Waals surface area contributed by atoms with Gasteiger partial charge in [0.05, 0.1) is 38.1 Å². The molecule has 1 amide bonds. The van der Waals surface area contributed by atoms with E-state index in [0.29, 0.717) is 31.4 Å². The highest BCUT2D eigenvalue weighted by molar-refractivity contribution is 7.92. The fourth-order valence-electron chi connectivity index (χ4n) is 4.42. The van der Waals surface area contributed by atoms with Crippen molar-refractivity contribution < 1.29 is 34.8 Å². The summed E-state index contributed by atoms with van der Waals surface area (Å²) in [4.78, 5) is 12.3. The van der Waals surface area contributed by atoms with Crippen molar-refractivity contribution in [3.05, 3.63) is 53.6 Å². The lowest BCUT2D eigenvalue weighted by molar-refractivity contribution is -0.137. The Hall–Kier alpha value is -3.11. The molecular weight excluding hydrogens is 495 g/mol. The first-order chi connectivity index (χ1) is 15.6. The van der Waals surface area contributed by atoms with Crippen molar-refractivity contribution in [3.63, 3.8) is 0 Å². The molecule has 0 aromatic heterocycles. The molecule has 13 heteroatoms. The number of sulfonamides is 1. The Balaban J connectivity index is 1.65. The quantitative estimate of drug-likeness (QED) is 0.610. The maximum Gasteiger partial charge on any atom is 0.416 e. The fraction of sp³-hybridized carbons (Fsp3) is 0.333. The van der Waals surface area contributed by atoms with Crippen LogP contribution in [-0.4, -0.2) is 34.5 Å². The van der Waals surface area contributed by atoms with Crippen LogP contribution in [0.4, 0.5) is 18.9 Å². The van der Waals surface area contributed by atoms with E-state index in [-0.39, 0.29) is 10.5 Å². The van der Waals surface area contributed by atoms with Crippen molar-refractivity contribution >= 4 is 31.5 Å². The first kappa shape index (κ1) is 24.0. The highest BCUT2D eigenvalue weighted by Gasteiger charge is 2.69. The maximum atomic E-state index is 13.3. The Morgan fingerprint density at radius 2 is 1.56 bits per heavy atom. The van der Waals surface area contributed by atoms with Gasteiger partial charge in [0.25, 0.3) is 15.9 Å². The van der Waals surface area contributed by atoms with Crippen molar-refractivity contribution in [2.45, 2.75) is 40.8 Å². The van der Waals surface area contributed by atoms with Crippen molar-refractivity contribution in [2.75, 3.05) is 11.0 Å². The molecule has 2 aromatic carbocycles. The van der Waals surface area contributed by atoms with Gasteiger partial charge in [0.1, 0.15) is 0 Å². The number of carbonyl (C=O) groups is 1. The smallest absolute Gasteiger partial charge is 0.346 e. The van der Waals surface area contributed by atoms with Gasteiger partial charge in [-0.05, 0) is 61.7 Å². The highest BCUT2D eigenvalue weighted by Crippen LogP contribution is 2.66. The van der Waals surface area contributed by atoms with Crippen LogP contribution < -0.4 is 10.0 Å². The zero-order valence-electron chi connectivity index (χ0n) is 17.6. The third kappa shape index (κ3) is 4.23. The predicted molar refractivity (Wildman–Crippen MR) is 114 cm³/mol. The van der Waals surface area contributed by atoms with E-state index in [0.717, 1.165) is 36.6 Å². The minimum atomic E-state index is -4.79. The average Bonchev–Trinajstić information content (AvgIpc) is 2.67. The Morgan fingerprint density at radius 1 is 1.00 bits per heavy atom. The number of amides is 1. The number of carbonyl (C=O) groups excluding carboxylic acids is 1. The molecule has 5 rings (SSSR count). The van der Waals surface area contributed by atoms with Gasteiger partial charge >= 0.3 is 6.18 Å². The van der Waals surface area contributed by atoms with Crippen molar-refractivity contribution in [2.24, 2.45) is 5.41 Å². The SMILES string of the molecule is CS(=O)(=O)c1ccc(S(=O)(=O)Nc2cc(C(F)(F)F)ccc2C(=O)NC23CC(C#N)(C2)C3)cc1. The summed E-state index contributed by atoms with van der Waals surface area (Å²) in [5.74, 6) is -0.773. The van der Waals surface area contributed by atoms with Gasteiger partial charge in [-0.2, -0.15) is 18.4 Å². The monoisotopic (exact) mass is 513 g/mol. The topological polar surface area (TPSA) is 133 Å². The molecule has 0 heterocycles. The number of hydrogen-bond donors (Lipinski definition) is 2. The molecule has 2 aromatic rings. The molecule has 8 nitrogen and oxygen atoms in total. The highest BCUT2D eigenvalue weighted by atomic mass is 32.2. The number of benzene rings is 2. The van der Waals surface area contributed by atoms with Gasteiger partial charge in [-0.1, -0.05) is 0 Å². The third-order valence-corrected chi connectivity index (χ3v) is 8.55. The zero-order valence-corrected chi connectivity index (χ0v) is 19.2. The molecule has 3 aliphatic carbocycles. The predicted octanol–water partition coefficient (Wildman–Crippen LogP) is 3.09. The molecular formula is C21H18F3N3O5S2. The fourth-order valence-corrected chi connectivity index (χ4v) is 6.12. The number of alkyl halides is 3. The van der Waals surface area contributed by atoms with E-state index < -0.39 is 59.0 Å². The second-order valence-electron chi connectivity index (χ2n) is 8.76. The third-order valence-electron chi connectivity index (χ3n) is 6.04. The van der Waals surface area contributed by atoms with E-state index in [1.807, 2.05) is 4.72 Å². The number of sulfone groups is 1. The summed E-state index contributed by atoms with van der Waals surface area (Å²) in [5, 5.41) is 11.8. The molecule has 180 valence electrons. The van der Waals surface area contributed by atoms with Crippen molar-refractivity contribution in [1.29, 1.82) is 5.26 Å². The van der Waals surface area contributed by atoms with Crippen LogP contribution in [0, 0.1) is 16.7 Å². The molecule has 0 unspecified atom stereocenters. The van der Waals surface area contributed by atoms with Gasteiger partial charge in [-0.25, -0.2) is 16.8 Å². The van der Waals surface area contributed by atoms with Gasteiger partial charge in [0.2, 0.25) is 0 Å². The number of halogens is 3. The van der Waals surface area contributed by atoms with Crippen LogP contribution in [0.2, 0.25) is 0 Å². The normalized spacial score (nSPS) is 23.7. The second-order valence-corrected chi connectivity index (χ2v) is 12.5. The molecule has 0 saturated heterocycles. The van der Waals surface area contributed by atoms with E-state index in [1.54, 1.807) is 0 Å². The Labute approximate surface area is 193 Å². The second kappa shape index (κ2) is 7.44. The molecule has 0 atom stereocenters. The summed E-state index contributed by atoms with van der Waals surface area (Å²) in [6.07, 6.45) is -2.57. The molecule has 34 heavy (non-hydrogen) atoms. The average molecular weight is 514 g/mol. The van der Waals surface area contributed by atoms with E-state index in [4.69, 9.17) is 5.26 Å². The molecule has 0 radical (unpaired) electrons. The maximum absolute atomic E-state index is 13.3. The summed E-state index contributed by atoms with van der Waals surface area (Å²) in [7, 11) is -8.06. The van der Waals surface area contributed by atoms with Crippen molar-refractivity contribution in [3.8, 4) is 6.07 Å². The van der Waals surface area contributed by atoms with Crippen LogP contribution >= 0.6 is 0 Å². The summed E-state index contributed by atoms with van der Waals surface area (Å²) in [6, 6.07) is 8.35. The van der Waals surface area contributed by atoms with Gasteiger partial charge in [0, 0.05) is 11.8 Å². The molecule has 3 aliphatic rings. The van der Waals surface area contributed by atoms with Crippen LogP contribution in [0.3, 0.4) is 0 Å². The van der Waals surface area contributed by atoms with Gasteiger partial charge in [-0.15, -0.1) is 0 Å². The van der Waals surface area contributed by atoms with E-state index in [2.05, 4.69) is 11.4 Å². The van der Waals surface area contributed by atoms with Crippen LogP contribution in [0.5, 0.6) is 0 Å². The number of hydrogen-bond acceptors (Lipinski definition) is 6. The Bertz CT molecular complexity index is 1420. The number of nitriles is 1. The number of nitrogens with zero attached hydrogens (tertiary/aromatic N) is 1. The number of anilines is 1. The zero-order chi connectivity index (χ0) is 25.2. The summed E-state index contributed by atoms with van der Waals surface area (Å²) in [5.41, 5.74) is -3.16. The number of rotatable bonds is 6. The van der Waals surface area contributed by atoms with E-state index >= 15 is 0 Å². The molecule has 2 bridgehead atoms. The van der Waals surface area contributed by atoms with Crippen molar-refractivity contribution in [1.82, 2.24) is 5.32 Å². The van der Waals surface area contributed by atoms with E-state index in [1.165, 1.54) is 0 Å². The van der Waals surface area contributed by atoms with Crippen LogP contribution in [0.25, 0.3) is 0 Å². The summed E-state index contributed by atoms with van der Waals surface area (Å²) in [6.45, 7) is 0. The van der Waals surface area contributed by atoms with Gasteiger partial charge in [-0.3, -0.25) is 9.52 Å². The Kier molecular flexibility index (Phi) is 5.26. The largest absolute Gasteiger partial charge is 0.416 e. The molecule has 2 N–H and O–H groups in total. The summed E-state index contributed by atoms with van der Waals surface area (Å²) < 4.78 is 90.7. The first-order valence-electron chi connectivity index (χ1n) is 9.86. The van der Waals surface area contributed by atoms with Gasteiger partial charge < -0.3 is 5.32 Å². The van der Waals surface area contributed by atoms with Gasteiger partial charge in [0.15, 0.2) is 9.84 Å². The van der Waals surface area contributed by atoms with E-state index in [9.17, 15) is 34.8 Å². The molecule has 0 aliphatic heterocycles. The van der Waals surface area contributed by atoms with Crippen LogP contribution in [0.15, 0.2) is 52.3 Å². The minimum Gasteiger partial charge on any atom is -0.346 e. The Morgan fingerprint density at radius 3 is 2.06 bits per heavy atom.